The van der Waals surface area contributed by atoms with Gasteiger partial charge in [0.05, 0.1) is 14.7 Å². The van der Waals surface area contributed by atoms with E-state index in [1.54, 1.807) is 72.8 Å². The second-order valence-electron chi connectivity index (χ2n) is 18.9. The fourth-order valence-corrected chi connectivity index (χ4v) is 12.9. The van der Waals surface area contributed by atoms with Crippen LogP contribution >= 0.6 is 23.3 Å². The third kappa shape index (κ3) is 39.9. The van der Waals surface area contributed by atoms with Crippen LogP contribution in [0.25, 0.3) is 66.8 Å². The Labute approximate surface area is 674 Å². The molecule has 1 aliphatic rings. The smallest absolute Gasteiger partial charge is 0.282 e. The Kier molecular flexibility index (Phi) is 69.3. The number of thiol groups is 1. The average Bonchev–Trinajstić information content (AvgIpc) is 1.59. The van der Waals surface area contributed by atoms with Crippen molar-refractivity contribution in [3.8, 4) is 66.8 Å². The maximum atomic E-state index is 12.1. The van der Waals surface area contributed by atoms with E-state index in [-0.39, 0.29) is 9.79 Å². The lowest BCUT2D eigenvalue weighted by atomic mass is 10.0. The van der Waals surface area contributed by atoms with Gasteiger partial charge in [-0.2, -0.15) is 8.42 Å². The van der Waals surface area contributed by atoms with Gasteiger partial charge in [0.2, 0.25) is 9.84 Å². The normalized spacial score (nSPS) is 9.58. The molecule has 0 amide bonds. The molecule has 0 spiro atoms. The number of aryl methyl sites for hydroxylation is 1. The van der Waals surface area contributed by atoms with Crippen LogP contribution in [0.15, 0.2) is 352 Å². The van der Waals surface area contributed by atoms with Gasteiger partial charge in [0.25, 0.3) is 19.2 Å². The summed E-state index contributed by atoms with van der Waals surface area (Å²) in [6.07, 6.45) is 0. The number of halogens is 1. The van der Waals surface area contributed by atoms with E-state index in [1.165, 1.54) is 51.1 Å². The van der Waals surface area contributed by atoms with Crippen LogP contribution in [-0.4, -0.2) is 29.8 Å². The summed E-state index contributed by atoms with van der Waals surface area (Å²) in [7, 11) is -5.77. The van der Waals surface area contributed by atoms with Crippen LogP contribution in [0.4, 0.5) is 0 Å². The first-order valence-electron chi connectivity index (χ1n) is 38.8. The summed E-state index contributed by atoms with van der Waals surface area (Å²) in [5, 5.41) is 0. The summed E-state index contributed by atoms with van der Waals surface area (Å²) in [5.74, 6) is 0. The largest absolute Gasteiger partial charge is 0.295 e. The van der Waals surface area contributed by atoms with Crippen molar-refractivity contribution in [2.24, 2.45) is 0 Å². The number of benzene rings is 12. The fraction of sp³-hybridized carbons (Fsp3) is 0.258. The maximum Gasteiger partial charge on any atom is 0.295 e. The van der Waals surface area contributed by atoms with Crippen LogP contribution in [0.3, 0.4) is 0 Å². The standard InChI is InChI=1S/C13H12.C12H9ClO2S.C12H10O3S.C12H8O2S.C12H10S.C12H10.12C2H6/c1-11-7-5-6-10-13(11)12-8-3-2-4-9-12;2*13-16(14,15)12-9-5-4-8-11(12)10-6-2-1-3-7-10;13-15(14)11-7-3-1-5-9(11)10-6-2-4-8-12(10)15;13-12-9-5-4-8-11(12)10-6-2-1-3-7-10;1-3-7-11(8-4-1)12-9-5-2-6-10-12;12*1-2/h2-10H,1H3;1-9H;1-9H,(H,13,14,15);1-8H;1-9,13H;1-10H;12*1-2H3. The lowest BCUT2D eigenvalue weighted by molar-refractivity contribution is 0.483. The van der Waals surface area contributed by atoms with Gasteiger partial charge in [0.15, 0.2) is 0 Å². The Balaban J connectivity index is -0.000000376. The topological polar surface area (TPSA) is 123 Å². The molecule has 0 unspecified atom stereocenters. The van der Waals surface area contributed by atoms with Crippen molar-refractivity contribution in [2.45, 2.75) is 198 Å². The Bertz CT molecular complexity index is 4150. The van der Waals surface area contributed by atoms with E-state index in [1.807, 2.05) is 294 Å². The Morgan fingerprint density at radius 1 is 0.248 bits per heavy atom. The molecule has 1 heterocycles. The van der Waals surface area contributed by atoms with Crippen LogP contribution in [0.1, 0.15) is 172 Å². The third-order valence-electron chi connectivity index (χ3n) is 13.2. The highest BCUT2D eigenvalue weighted by Crippen LogP contribution is 2.42. The van der Waals surface area contributed by atoms with Crippen molar-refractivity contribution in [1.29, 1.82) is 0 Å². The SMILES string of the molecule is CC.CC.CC.CC.CC.CC.CC.CC.CC.CC.CC.CC.Cc1ccccc1-c1ccccc1.O=S(=O)(Cl)c1ccccc1-c1ccccc1.O=S(=O)(O)c1ccccc1-c1ccccc1.O=S1(=O)c2ccccc2-c2ccccc21.Sc1ccccc1-c1ccccc1.c1ccc(-c2ccccc2)cc1. The van der Waals surface area contributed by atoms with Crippen LogP contribution < -0.4 is 0 Å². The third-order valence-corrected chi connectivity index (χ3v) is 17.8. The number of hydrogen-bond donors (Lipinski definition) is 2. The molecule has 0 saturated heterocycles. The quantitative estimate of drug-likeness (QED) is 0.0926. The first-order chi connectivity index (χ1) is 53.1. The van der Waals surface area contributed by atoms with Crippen LogP contribution in [0.2, 0.25) is 0 Å². The minimum Gasteiger partial charge on any atom is -0.282 e. The molecule has 7 nitrogen and oxygen atoms in total. The van der Waals surface area contributed by atoms with Crippen LogP contribution in [0, 0.1) is 6.92 Å². The van der Waals surface area contributed by atoms with Gasteiger partial charge >= 0.3 is 0 Å². The summed E-state index contributed by atoms with van der Waals surface area (Å²) >= 11 is 4.41. The van der Waals surface area contributed by atoms with Gasteiger partial charge in [-0.15, -0.1) is 12.6 Å². The molecular weight excluding hydrogens is 1440 g/mol. The van der Waals surface area contributed by atoms with Crippen molar-refractivity contribution in [2.75, 3.05) is 0 Å². The van der Waals surface area contributed by atoms with E-state index in [0.29, 0.717) is 20.9 Å². The van der Waals surface area contributed by atoms with Gasteiger partial charge in [0, 0.05) is 37.8 Å². The average molecular weight is 1570 g/mol. The molecule has 12 aromatic rings. The molecule has 592 valence electrons. The van der Waals surface area contributed by atoms with Gasteiger partial charge in [0.1, 0.15) is 4.90 Å². The minimum absolute atomic E-state index is 0.0683. The maximum absolute atomic E-state index is 12.1. The van der Waals surface area contributed by atoms with E-state index in [0.717, 1.165) is 27.1 Å². The van der Waals surface area contributed by atoms with E-state index in [4.69, 9.17) is 15.2 Å². The molecule has 0 radical (unpaired) electrons. The zero-order chi connectivity index (χ0) is 84.1. The molecule has 0 aliphatic carbocycles. The second-order valence-corrected chi connectivity index (χ2v) is 25.2. The zero-order valence-corrected chi connectivity index (χ0v) is 74.2. The lowest BCUT2D eigenvalue weighted by Crippen LogP contribution is -2.00. The van der Waals surface area contributed by atoms with E-state index >= 15 is 0 Å². The summed E-state index contributed by atoms with van der Waals surface area (Å²) in [5.41, 5.74) is 13.2. The Morgan fingerprint density at radius 3 is 0.734 bits per heavy atom. The number of hydrogen-bond acceptors (Lipinski definition) is 7. The van der Waals surface area contributed by atoms with Crippen molar-refractivity contribution in [3.63, 3.8) is 0 Å². The highest BCUT2D eigenvalue weighted by molar-refractivity contribution is 8.13. The van der Waals surface area contributed by atoms with E-state index in [9.17, 15) is 25.3 Å². The molecule has 12 heteroatoms. The highest BCUT2D eigenvalue weighted by Gasteiger charge is 2.31. The molecule has 1 aliphatic heterocycles. The van der Waals surface area contributed by atoms with Gasteiger partial charge in [-0.25, -0.2) is 16.8 Å². The summed E-state index contributed by atoms with van der Waals surface area (Å²) in [6, 6.07) is 104. The molecular formula is C97H131ClO7S4. The highest BCUT2D eigenvalue weighted by atomic mass is 35.7. The summed E-state index contributed by atoms with van der Waals surface area (Å²) < 4.78 is 78.4. The Hall–Kier alpha value is -8.91. The number of rotatable bonds is 7. The van der Waals surface area contributed by atoms with Crippen LogP contribution in [-0.2, 0) is 29.0 Å². The van der Waals surface area contributed by atoms with Crippen LogP contribution in [0.5, 0.6) is 0 Å². The van der Waals surface area contributed by atoms with E-state index in [2.05, 4.69) is 135 Å². The number of sulfone groups is 1. The minimum atomic E-state index is -4.18. The molecule has 1 N–H and O–H groups in total. The van der Waals surface area contributed by atoms with Crippen molar-refractivity contribution in [1.82, 2.24) is 0 Å². The molecule has 109 heavy (non-hydrogen) atoms. The second kappa shape index (κ2) is 69.5. The summed E-state index contributed by atoms with van der Waals surface area (Å²) in [4.78, 5) is 1.94. The number of fused-ring (bicyclic) bond motifs is 3. The van der Waals surface area contributed by atoms with Gasteiger partial charge < -0.3 is 0 Å². The van der Waals surface area contributed by atoms with Gasteiger partial charge in [-0.3, -0.25) is 4.55 Å². The molecule has 0 bridgehead atoms. The predicted octanol–water partition coefficient (Wildman–Crippen LogP) is 31.4. The zero-order valence-electron chi connectivity index (χ0n) is 70.1. The van der Waals surface area contributed by atoms with Gasteiger partial charge in [-0.1, -0.05) is 463 Å². The van der Waals surface area contributed by atoms with Gasteiger partial charge in [-0.05, 0) is 87.3 Å². The molecule has 0 saturated carbocycles. The van der Waals surface area contributed by atoms with Crippen molar-refractivity contribution >= 4 is 52.3 Å². The molecule has 12 aromatic carbocycles. The monoisotopic (exact) mass is 1570 g/mol. The molecule has 0 aromatic heterocycles. The lowest BCUT2D eigenvalue weighted by Gasteiger charge is -2.06. The van der Waals surface area contributed by atoms with Crippen molar-refractivity contribution < 1.29 is 29.8 Å². The predicted molar refractivity (Wildman–Crippen MR) is 488 cm³/mol. The van der Waals surface area contributed by atoms with E-state index < -0.39 is 29.0 Å². The molecule has 0 atom stereocenters. The summed E-state index contributed by atoms with van der Waals surface area (Å²) in [6.45, 7) is 50.1. The molecule has 13 rings (SSSR count). The first kappa shape index (κ1) is 109. The van der Waals surface area contributed by atoms with Crippen molar-refractivity contribution in [3.05, 3.63) is 333 Å². The Morgan fingerprint density at radius 2 is 0.450 bits per heavy atom. The fourth-order valence-electron chi connectivity index (χ4n) is 9.16. The first-order valence-corrected chi connectivity index (χ1v) is 44.5. The molecule has 0 fully saturated rings.